The summed E-state index contributed by atoms with van der Waals surface area (Å²) in [7, 11) is 0. The van der Waals surface area contributed by atoms with Gasteiger partial charge in [-0.3, -0.25) is 0 Å². The van der Waals surface area contributed by atoms with Crippen LogP contribution in [0.2, 0.25) is 0 Å². The van der Waals surface area contributed by atoms with E-state index in [1.807, 2.05) is 37.3 Å². The molecular weight excluding hydrogens is 244 g/mol. The minimum atomic E-state index is -0.390. The van der Waals surface area contributed by atoms with Crippen LogP contribution in [0.5, 0.6) is 0 Å². The highest BCUT2D eigenvalue weighted by Gasteiger charge is 2.26. The Morgan fingerprint density at radius 2 is 2.21 bits per heavy atom. The first kappa shape index (κ1) is 13.8. The van der Waals surface area contributed by atoms with Gasteiger partial charge in [-0.15, -0.1) is 0 Å². The number of benzene rings is 1. The lowest BCUT2D eigenvalue weighted by Crippen LogP contribution is -2.46. The van der Waals surface area contributed by atoms with Gasteiger partial charge in [0.25, 0.3) is 0 Å². The number of carbonyl (C=O) groups excluding carboxylic acids is 1. The van der Waals surface area contributed by atoms with Crippen molar-refractivity contribution in [3.63, 3.8) is 0 Å². The van der Waals surface area contributed by atoms with Gasteiger partial charge in [-0.1, -0.05) is 30.3 Å². The molecule has 3 atom stereocenters. The minimum absolute atomic E-state index is 0.0371. The Labute approximate surface area is 113 Å². The molecule has 1 fully saturated rings. The Kier molecular flexibility index (Phi) is 4.76. The Balaban J connectivity index is 1.89. The van der Waals surface area contributed by atoms with Gasteiger partial charge in [0.2, 0.25) is 0 Å². The molecule has 0 bridgehead atoms. The average molecular weight is 264 g/mol. The van der Waals surface area contributed by atoms with Crippen molar-refractivity contribution in [3.8, 4) is 0 Å². The van der Waals surface area contributed by atoms with E-state index in [1.54, 1.807) is 0 Å². The van der Waals surface area contributed by atoms with Crippen LogP contribution >= 0.6 is 0 Å². The normalized spacial score (nSPS) is 23.9. The summed E-state index contributed by atoms with van der Waals surface area (Å²) in [5.74, 6) is 0. The molecule has 0 aliphatic carbocycles. The molecule has 3 N–H and O–H groups in total. The van der Waals surface area contributed by atoms with Crippen molar-refractivity contribution in [2.24, 2.45) is 0 Å². The first-order chi connectivity index (χ1) is 9.20. The highest BCUT2D eigenvalue weighted by Crippen LogP contribution is 2.14. The Morgan fingerprint density at radius 3 is 2.79 bits per heavy atom. The van der Waals surface area contributed by atoms with E-state index in [9.17, 15) is 9.90 Å². The summed E-state index contributed by atoms with van der Waals surface area (Å²) in [6, 6.07) is 8.79. The molecule has 19 heavy (non-hydrogen) atoms. The zero-order valence-electron chi connectivity index (χ0n) is 11.0. The molecule has 1 aliphatic rings. The van der Waals surface area contributed by atoms with Crippen molar-refractivity contribution in [2.45, 2.75) is 31.5 Å². The number of urea groups is 1. The zero-order valence-corrected chi connectivity index (χ0v) is 11.0. The van der Waals surface area contributed by atoms with Crippen LogP contribution in [0.25, 0.3) is 0 Å². The molecule has 0 unspecified atom stereocenters. The van der Waals surface area contributed by atoms with Gasteiger partial charge in [0.05, 0.1) is 24.8 Å². The van der Waals surface area contributed by atoms with E-state index < -0.39 is 0 Å². The molecule has 1 saturated heterocycles. The minimum Gasteiger partial charge on any atom is -0.394 e. The second kappa shape index (κ2) is 6.54. The second-order valence-corrected chi connectivity index (χ2v) is 4.73. The number of hydrogen-bond donors (Lipinski definition) is 3. The first-order valence-corrected chi connectivity index (χ1v) is 6.55. The Hall–Kier alpha value is -1.59. The quantitative estimate of drug-likeness (QED) is 0.765. The van der Waals surface area contributed by atoms with Crippen molar-refractivity contribution in [2.75, 3.05) is 13.2 Å². The summed E-state index contributed by atoms with van der Waals surface area (Å²) in [6.07, 6.45) is 0.860. The van der Waals surface area contributed by atoms with E-state index in [4.69, 9.17) is 4.74 Å². The number of rotatable bonds is 4. The maximum absolute atomic E-state index is 11.9. The van der Waals surface area contributed by atoms with Crippen LogP contribution in [0.1, 0.15) is 24.9 Å². The molecule has 0 saturated carbocycles. The third-order valence-corrected chi connectivity index (χ3v) is 3.38. The van der Waals surface area contributed by atoms with Crippen molar-refractivity contribution < 1.29 is 14.6 Å². The van der Waals surface area contributed by atoms with E-state index in [-0.39, 0.29) is 30.8 Å². The first-order valence-electron chi connectivity index (χ1n) is 6.55. The fourth-order valence-electron chi connectivity index (χ4n) is 2.21. The molecule has 5 heteroatoms. The fraction of sp³-hybridized carbons (Fsp3) is 0.500. The Morgan fingerprint density at radius 1 is 1.47 bits per heavy atom. The van der Waals surface area contributed by atoms with Gasteiger partial charge in [-0.2, -0.15) is 0 Å². The zero-order chi connectivity index (χ0) is 13.7. The molecule has 1 heterocycles. The lowest BCUT2D eigenvalue weighted by atomic mass is 10.1. The van der Waals surface area contributed by atoms with Gasteiger partial charge in [0, 0.05) is 6.61 Å². The SMILES string of the molecule is C[C@H]1OCC[C@@H]1NC(=O)N[C@H](CO)c1ccccc1. The van der Waals surface area contributed by atoms with Crippen molar-refractivity contribution in [3.05, 3.63) is 35.9 Å². The van der Waals surface area contributed by atoms with E-state index in [0.717, 1.165) is 12.0 Å². The summed E-state index contributed by atoms with van der Waals surface area (Å²) in [5.41, 5.74) is 0.885. The van der Waals surface area contributed by atoms with Crippen LogP contribution < -0.4 is 10.6 Å². The second-order valence-electron chi connectivity index (χ2n) is 4.73. The van der Waals surface area contributed by atoms with Crippen LogP contribution in [-0.2, 0) is 4.74 Å². The molecule has 2 amide bonds. The van der Waals surface area contributed by atoms with Crippen LogP contribution in [0.3, 0.4) is 0 Å². The van der Waals surface area contributed by atoms with Crippen molar-refractivity contribution in [1.29, 1.82) is 0 Å². The number of hydrogen-bond acceptors (Lipinski definition) is 3. The largest absolute Gasteiger partial charge is 0.394 e. The maximum atomic E-state index is 11.9. The standard InChI is InChI=1S/C14H20N2O3/c1-10-12(7-8-19-10)15-14(18)16-13(9-17)11-5-3-2-4-6-11/h2-6,10,12-13,17H,7-9H2,1H3,(H2,15,16,18)/t10-,12+,13-/m1/s1. The molecule has 2 rings (SSSR count). The summed E-state index contributed by atoms with van der Waals surface area (Å²) < 4.78 is 5.39. The fourth-order valence-corrected chi connectivity index (χ4v) is 2.21. The summed E-state index contributed by atoms with van der Waals surface area (Å²) in [5, 5.41) is 15.0. The average Bonchev–Trinajstić information content (AvgIpc) is 2.82. The Bertz CT molecular complexity index is 410. The summed E-state index contributed by atoms with van der Waals surface area (Å²) in [4.78, 5) is 11.9. The number of carbonyl (C=O) groups is 1. The third kappa shape index (κ3) is 3.68. The number of aliphatic hydroxyl groups is 1. The van der Waals surface area contributed by atoms with Gasteiger partial charge in [-0.05, 0) is 18.9 Å². The van der Waals surface area contributed by atoms with Gasteiger partial charge < -0.3 is 20.5 Å². The highest BCUT2D eigenvalue weighted by molar-refractivity contribution is 5.74. The monoisotopic (exact) mass is 264 g/mol. The van der Waals surface area contributed by atoms with Gasteiger partial charge in [0.15, 0.2) is 0 Å². The number of nitrogens with one attached hydrogen (secondary N) is 2. The number of aliphatic hydroxyl groups excluding tert-OH is 1. The van der Waals surface area contributed by atoms with E-state index in [0.29, 0.717) is 6.61 Å². The van der Waals surface area contributed by atoms with Crippen molar-refractivity contribution >= 4 is 6.03 Å². The van der Waals surface area contributed by atoms with Crippen LogP contribution in [-0.4, -0.2) is 36.5 Å². The predicted octanol–water partition coefficient (Wildman–Crippen LogP) is 1.20. The van der Waals surface area contributed by atoms with E-state index in [2.05, 4.69) is 10.6 Å². The smallest absolute Gasteiger partial charge is 0.315 e. The molecule has 0 radical (unpaired) electrons. The molecule has 104 valence electrons. The maximum Gasteiger partial charge on any atom is 0.315 e. The van der Waals surface area contributed by atoms with E-state index in [1.165, 1.54) is 0 Å². The van der Waals surface area contributed by atoms with Crippen molar-refractivity contribution in [1.82, 2.24) is 10.6 Å². The molecule has 1 aliphatic heterocycles. The van der Waals surface area contributed by atoms with Gasteiger partial charge >= 0.3 is 6.03 Å². The highest BCUT2D eigenvalue weighted by atomic mass is 16.5. The lowest BCUT2D eigenvalue weighted by Gasteiger charge is -2.20. The van der Waals surface area contributed by atoms with E-state index >= 15 is 0 Å². The summed E-state index contributed by atoms with van der Waals surface area (Å²) >= 11 is 0. The van der Waals surface area contributed by atoms with Gasteiger partial charge in [0.1, 0.15) is 0 Å². The number of amides is 2. The van der Waals surface area contributed by atoms with Gasteiger partial charge in [-0.25, -0.2) is 4.79 Å². The molecule has 1 aromatic rings. The molecule has 1 aromatic carbocycles. The number of ether oxygens (including phenoxy) is 1. The van der Waals surface area contributed by atoms with Crippen LogP contribution in [0.15, 0.2) is 30.3 Å². The molecular formula is C14H20N2O3. The third-order valence-electron chi connectivity index (χ3n) is 3.38. The van der Waals surface area contributed by atoms with Crippen LogP contribution in [0.4, 0.5) is 4.79 Å². The lowest BCUT2D eigenvalue weighted by molar-refractivity contribution is 0.114. The molecule has 0 aromatic heterocycles. The predicted molar refractivity (Wildman–Crippen MR) is 71.8 cm³/mol. The topological polar surface area (TPSA) is 70.6 Å². The molecule has 0 spiro atoms. The summed E-state index contributed by atoms with van der Waals surface area (Å²) in [6.45, 7) is 2.49. The molecule has 5 nitrogen and oxygen atoms in total. The van der Waals surface area contributed by atoms with Crippen LogP contribution in [0, 0.1) is 0 Å².